The number of hydrogen-bond donors (Lipinski definition) is 2. The number of urea groups is 1. The van der Waals surface area contributed by atoms with Crippen LogP contribution in [0, 0.1) is 0 Å². The summed E-state index contributed by atoms with van der Waals surface area (Å²) in [4.78, 5) is 24.3. The molecular weight excluding hydrogens is 426 g/mol. The van der Waals surface area contributed by atoms with Crippen molar-refractivity contribution in [3.63, 3.8) is 0 Å². The van der Waals surface area contributed by atoms with E-state index in [2.05, 4.69) is 25.8 Å². The zero-order valence-corrected chi connectivity index (χ0v) is 18.0. The highest BCUT2D eigenvalue weighted by molar-refractivity contribution is 7.15. The lowest BCUT2D eigenvalue weighted by atomic mass is 9.86. The average molecular weight is 453 g/mol. The maximum absolute atomic E-state index is 13.4. The topological polar surface area (TPSA) is 96.2 Å². The number of rotatable bonds is 4. The molecule has 5 rings (SSSR count). The van der Waals surface area contributed by atoms with E-state index in [9.17, 15) is 13.6 Å². The molecule has 0 aromatic carbocycles. The number of anilines is 2. The Morgan fingerprint density at radius 2 is 1.94 bits per heavy atom. The molecule has 2 fully saturated rings. The van der Waals surface area contributed by atoms with Gasteiger partial charge in [-0.05, 0) is 25.7 Å². The van der Waals surface area contributed by atoms with Crippen LogP contribution in [-0.2, 0) is 13.0 Å². The summed E-state index contributed by atoms with van der Waals surface area (Å²) < 4.78 is 32.3. The van der Waals surface area contributed by atoms with Crippen molar-refractivity contribution in [1.29, 1.82) is 0 Å². The summed E-state index contributed by atoms with van der Waals surface area (Å²) in [6, 6.07) is 0.474. The highest BCUT2D eigenvalue weighted by atomic mass is 32.1. The van der Waals surface area contributed by atoms with Crippen LogP contribution in [0.1, 0.15) is 73.7 Å². The molecule has 8 nitrogen and oxygen atoms in total. The molecule has 2 saturated carbocycles. The van der Waals surface area contributed by atoms with Gasteiger partial charge in [-0.1, -0.05) is 29.3 Å². The maximum atomic E-state index is 13.4. The van der Waals surface area contributed by atoms with Crippen molar-refractivity contribution < 1.29 is 18.1 Å². The molecule has 0 saturated heterocycles. The number of aromatic nitrogens is 3. The van der Waals surface area contributed by atoms with Crippen molar-refractivity contribution in [2.24, 2.45) is 0 Å². The van der Waals surface area contributed by atoms with E-state index >= 15 is 0 Å². The van der Waals surface area contributed by atoms with Crippen LogP contribution >= 0.6 is 11.3 Å². The quantitative estimate of drug-likeness (QED) is 0.712. The molecular formula is C20H26F2N6O2S. The van der Waals surface area contributed by atoms with Crippen LogP contribution in [0.25, 0.3) is 0 Å². The van der Waals surface area contributed by atoms with Gasteiger partial charge in [0.05, 0.1) is 12.2 Å². The summed E-state index contributed by atoms with van der Waals surface area (Å²) in [7, 11) is 0. The van der Waals surface area contributed by atoms with Crippen molar-refractivity contribution in [2.45, 2.75) is 82.2 Å². The number of hydrogen-bond acceptors (Lipinski definition) is 7. The predicted octanol–water partition coefficient (Wildman–Crippen LogP) is 4.45. The normalized spacial score (nSPS) is 21.8. The Kier molecular flexibility index (Phi) is 5.53. The van der Waals surface area contributed by atoms with E-state index in [4.69, 9.17) is 4.52 Å². The number of fused-ring (bicyclic) bond motifs is 1. The number of thiazole rings is 1. The van der Waals surface area contributed by atoms with Crippen LogP contribution < -0.4 is 15.5 Å². The van der Waals surface area contributed by atoms with Gasteiger partial charge < -0.3 is 14.7 Å². The number of alkyl halides is 2. The monoisotopic (exact) mass is 452 g/mol. The number of nitrogens with zero attached hydrogens (tertiary/aromatic N) is 4. The number of carbonyl (C=O) groups is 1. The Bertz CT molecular complexity index is 932. The first-order valence-corrected chi connectivity index (χ1v) is 11.8. The van der Waals surface area contributed by atoms with E-state index in [1.807, 2.05) is 4.90 Å². The minimum Gasteiger partial charge on any atom is -0.335 e. The fourth-order valence-corrected chi connectivity index (χ4v) is 5.64. The lowest BCUT2D eigenvalue weighted by molar-refractivity contribution is -0.0389. The van der Waals surface area contributed by atoms with Crippen LogP contribution in [-0.4, -0.2) is 39.7 Å². The molecule has 0 unspecified atom stereocenters. The predicted molar refractivity (Wildman–Crippen MR) is 112 cm³/mol. The fourth-order valence-electron chi connectivity index (χ4n) is 4.62. The van der Waals surface area contributed by atoms with Gasteiger partial charge in [0.1, 0.15) is 0 Å². The Balaban J connectivity index is 1.19. The smallest absolute Gasteiger partial charge is 0.324 e. The molecule has 0 radical (unpaired) electrons. The van der Waals surface area contributed by atoms with Gasteiger partial charge in [-0.15, -0.1) is 0 Å². The highest BCUT2D eigenvalue weighted by Crippen LogP contribution is 2.40. The largest absolute Gasteiger partial charge is 0.335 e. The average Bonchev–Trinajstić information content (AvgIpc) is 3.47. The summed E-state index contributed by atoms with van der Waals surface area (Å²) in [5.41, 5.74) is 0.978. The van der Waals surface area contributed by atoms with E-state index in [0.717, 1.165) is 36.3 Å². The van der Waals surface area contributed by atoms with E-state index in [0.29, 0.717) is 49.3 Å². The van der Waals surface area contributed by atoms with Gasteiger partial charge in [0, 0.05) is 42.6 Å². The van der Waals surface area contributed by atoms with Gasteiger partial charge >= 0.3 is 12.0 Å². The summed E-state index contributed by atoms with van der Waals surface area (Å²) in [5, 5.41) is 10.5. The minimum absolute atomic E-state index is 0.0740. The van der Waals surface area contributed by atoms with Gasteiger partial charge in [0.25, 0.3) is 0 Å². The summed E-state index contributed by atoms with van der Waals surface area (Å²) in [6.07, 6.45) is 5.61. The summed E-state index contributed by atoms with van der Waals surface area (Å²) in [6.45, 7) is 1.25. The molecule has 2 N–H and O–H groups in total. The molecule has 1 aliphatic heterocycles. The Morgan fingerprint density at radius 1 is 1.16 bits per heavy atom. The molecule has 168 valence electrons. The van der Waals surface area contributed by atoms with Gasteiger partial charge in [-0.25, -0.2) is 18.6 Å². The molecule has 0 spiro atoms. The zero-order valence-electron chi connectivity index (χ0n) is 17.2. The van der Waals surface area contributed by atoms with Crippen molar-refractivity contribution in [3.8, 4) is 0 Å². The molecule has 2 aliphatic carbocycles. The molecule has 2 aromatic rings. The second kappa shape index (κ2) is 8.33. The fraction of sp³-hybridized carbons (Fsp3) is 0.700. The maximum Gasteiger partial charge on any atom is 0.324 e. The molecule has 0 atom stereocenters. The van der Waals surface area contributed by atoms with Crippen molar-refractivity contribution in [3.05, 3.63) is 16.4 Å². The van der Waals surface area contributed by atoms with Crippen molar-refractivity contribution >= 4 is 28.5 Å². The minimum atomic E-state index is -2.57. The van der Waals surface area contributed by atoms with Crippen LogP contribution in [0.4, 0.5) is 24.7 Å². The summed E-state index contributed by atoms with van der Waals surface area (Å²) >= 11 is 1.46. The zero-order chi connectivity index (χ0) is 21.4. The Hall–Kier alpha value is -2.30. The molecule has 3 aliphatic rings. The standard InChI is InChI=1S/C20H26F2N6O2S/c21-20(22)8-5-12(6-9-20)16-25-19(30-27-16)28-10-7-14-15(11-28)31-18(24-14)26-17(29)23-13-3-1-2-4-13/h12-13H,1-11H2,(H2,23,24,26,29). The van der Waals surface area contributed by atoms with Crippen LogP contribution in [0.15, 0.2) is 4.52 Å². The molecule has 31 heavy (non-hydrogen) atoms. The third-order valence-electron chi connectivity index (χ3n) is 6.43. The highest BCUT2D eigenvalue weighted by Gasteiger charge is 2.37. The second-order valence-corrected chi connectivity index (χ2v) is 9.79. The number of halogens is 2. The lowest BCUT2D eigenvalue weighted by Gasteiger charge is -2.26. The van der Waals surface area contributed by atoms with Gasteiger partial charge in [-0.3, -0.25) is 5.32 Å². The SMILES string of the molecule is O=C(Nc1nc2c(s1)CN(c1nc(C3CCC(F)(F)CC3)no1)CC2)NC1CCCC1. The van der Waals surface area contributed by atoms with Crippen molar-refractivity contribution in [1.82, 2.24) is 20.4 Å². The van der Waals surface area contributed by atoms with E-state index < -0.39 is 5.92 Å². The number of carbonyl (C=O) groups excluding carboxylic acids is 1. The molecule has 11 heteroatoms. The van der Waals surface area contributed by atoms with Crippen LogP contribution in [0.2, 0.25) is 0 Å². The van der Waals surface area contributed by atoms with E-state index in [-0.39, 0.29) is 30.8 Å². The lowest BCUT2D eigenvalue weighted by Crippen LogP contribution is -2.36. The Labute approximate surface area is 182 Å². The first-order chi connectivity index (χ1) is 14.9. The molecule has 2 amide bonds. The molecule has 2 aromatic heterocycles. The third kappa shape index (κ3) is 4.65. The van der Waals surface area contributed by atoms with Crippen LogP contribution in [0.3, 0.4) is 0 Å². The number of nitrogens with one attached hydrogen (secondary N) is 2. The first-order valence-electron chi connectivity index (χ1n) is 11.0. The second-order valence-electron chi connectivity index (χ2n) is 8.71. The van der Waals surface area contributed by atoms with Crippen LogP contribution in [0.5, 0.6) is 0 Å². The molecule has 0 bridgehead atoms. The number of amides is 2. The van der Waals surface area contributed by atoms with Gasteiger partial charge in [0.2, 0.25) is 5.92 Å². The summed E-state index contributed by atoms with van der Waals surface area (Å²) in [5.74, 6) is -2.13. The Morgan fingerprint density at radius 3 is 2.71 bits per heavy atom. The van der Waals surface area contributed by atoms with E-state index in [1.165, 1.54) is 11.3 Å². The molecule has 3 heterocycles. The van der Waals surface area contributed by atoms with Gasteiger partial charge in [0.15, 0.2) is 11.0 Å². The van der Waals surface area contributed by atoms with E-state index in [1.54, 1.807) is 0 Å². The van der Waals surface area contributed by atoms with Gasteiger partial charge in [-0.2, -0.15) is 4.98 Å². The third-order valence-corrected chi connectivity index (χ3v) is 7.42. The first kappa shape index (κ1) is 20.6. The van der Waals surface area contributed by atoms with Crippen molar-refractivity contribution in [2.75, 3.05) is 16.8 Å².